The number of aromatic nitrogens is 8. The lowest BCUT2D eigenvalue weighted by molar-refractivity contribution is -0.143. The lowest BCUT2D eigenvalue weighted by atomic mass is 9.91. The molecular formula is C68H66N12O17. The van der Waals surface area contributed by atoms with Gasteiger partial charge < -0.3 is 49.4 Å². The van der Waals surface area contributed by atoms with Gasteiger partial charge in [-0.2, -0.15) is 4.52 Å². The van der Waals surface area contributed by atoms with E-state index in [1.54, 1.807) is 133 Å². The van der Waals surface area contributed by atoms with Crippen LogP contribution in [0.1, 0.15) is 121 Å². The summed E-state index contributed by atoms with van der Waals surface area (Å²) in [6.45, 7) is 13.1. The summed E-state index contributed by atoms with van der Waals surface area (Å²) >= 11 is 0. The lowest BCUT2D eigenvalue weighted by Gasteiger charge is -2.33. The number of aryl methyl sites for hydroxylation is 6. The monoisotopic (exact) mass is 1320 g/mol. The van der Waals surface area contributed by atoms with Crippen molar-refractivity contribution in [2.45, 2.75) is 103 Å². The third-order valence-electron chi connectivity index (χ3n) is 15.9. The number of carbonyl (C=O) groups excluding carboxylic acids is 7. The van der Waals surface area contributed by atoms with Crippen molar-refractivity contribution in [3.05, 3.63) is 239 Å². The number of hydrogen-bond acceptors (Lipinski definition) is 25. The second-order valence-corrected chi connectivity index (χ2v) is 23.4. The van der Waals surface area contributed by atoms with Gasteiger partial charge in [-0.3, -0.25) is 35.2 Å². The zero-order valence-corrected chi connectivity index (χ0v) is 53.5. The number of hydrogen-bond donors (Lipinski definition) is 6. The third kappa shape index (κ3) is 15.5. The summed E-state index contributed by atoms with van der Waals surface area (Å²) in [7, 11) is 0. The molecule has 2 aliphatic heterocycles. The SMILES string of the molecule is Cc1ccc(C(=O)OC[C@H]2OC(C(=O)NNc3nnc(N)[nH]c3=O)[C@](C)(OC(=O)c3ccc(C)cc3)[C@@H]2OC(=O)c2ccc(C)cc2)cc1.Cc1ccc(C(=O)OC[C@H]2OC(c3nnc4c(=O)[nH]c(N)nn34)[C@](C)(OC(=O)c3ccc(C)cc3)[C@@H]2OC(=O)c2ccc(C)cc2)cc1. The molecule has 2 aliphatic rings. The Hall–Kier alpha value is -12.0. The Bertz CT molecular complexity index is 4550. The van der Waals surface area contributed by atoms with E-state index in [-0.39, 0.29) is 51.2 Å². The van der Waals surface area contributed by atoms with Crippen LogP contribution >= 0.6 is 0 Å². The van der Waals surface area contributed by atoms with Crippen molar-refractivity contribution in [2.75, 3.05) is 30.1 Å². The van der Waals surface area contributed by atoms with Crippen molar-refractivity contribution in [3.63, 3.8) is 0 Å². The highest BCUT2D eigenvalue weighted by molar-refractivity contribution is 5.94. The number of nitrogens with zero attached hydrogens (tertiary/aromatic N) is 6. The fraction of sp³-hybridized carbons (Fsp3) is 0.265. The van der Waals surface area contributed by atoms with Crippen molar-refractivity contribution in [1.82, 2.24) is 45.4 Å². The first-order valence-corrected chi connectivity index (χ1v) is 30.1. The van der Waals surface area contributed by atoms with E-state index in [0.717, 1.165) is 37.9 Å². The Morgan fingerprint density at radius 1 is 0.474 bits per heavy atom. The number of H-pyrrole nitrogens is 2. The van der Waals surface area contributed by atoms with Gasteiger partial charge >= 0.3 is 35.8 Å². The average Bonchev–Trinajstić information content (AvgIpc) is 1.59. The molecule has 6 aromatic carbocycles. The van der Waals surface area contributed by atoms with Gasteiger partial charge in [-0.25, -0.2) is 28.8 Å². The number of rotatable bonds is 18. The summed E-state index contributed by atoms with van der Waals surface area (Å²) in [6, 6.07) is 39.8. The van der Waals surface area contributed by atoms with E-state index in [0.29, 0.717) is 5.56 Å². The number of aromatic amines is 2. The normalized spacial score (nSPS) is 20.1. The van der Waals surface area contributed by atoms with Crippen LogP contribution in [0.15, 0.2) is 155 Å². The highest BCUT2D eigenvalue weighted by Crippen LogP contribution is 2.46. The average molecular weight is 1320 g/mol. The first-order valence-electron chi connectivity index (χ1n) is 30.1. The van der Waals surface area contributed by atoms with E-state index in [1.807, 2.05) is 41.5 Å². The maximum atomic E-state index is 13.7. The van der Waals surface area contributed by atoms with Crippen LogP contribution in [-0.4, -0.2) is 137 Å². The zero-order valence-electron chi connectivity index (χ0n) is 53.5. The van der Waals surface area contributed by atoms with Crippen LogP contribution in [0.5, 0.6) is 0 Å². The van der Waals surface area contributed by atoms with E-state index < -0.39 is 120 Å². The topological polar surface area (TPSA) is 404 Å². The number of nitrogens with one attached hydrogen (secondary N) is 4. The van der Waals surface area contributed by atoms with E-state index in [2.05, 4.69) is 46.3 Å². The predicted molar refractivity (Wildman–Crippen MR) is 345 cm³/mol. The van der Waals surface area contributed by atoms with Crippen LogP contribution in [0.4, 0.5) is 17.7 Å². The highest BCUT2D eigenvalue weighted by atomic mass is 16.7. The van der Waals surface area contributed by atoms with Gasteiger partial charge in [0.25, 0.3) is 17.0 Å². The summed E-state index contributed by atoms with van der Waals surface area (Å²) < 4.78 is 48.9. The van der Waals surface area contributed by atoms with Crippen molar-refractivity contribution in [1.29, 1.82) is 0 Å². The molecule has 3 aromatic heterocycles. The molecule has 1 amide bonds. The highest BCUT2D eigenvalue weighted by Gasteiger charge is 2.63. The second-order valence-electron chi connectivity index (χ2n) is 23.4. The summed E-state index contributed by atoms with van der Waals surface area (Å²) in [5.74, 6) is -6.49. The summed E-state index contributed by atoms with van der Waals surface area (Å²) in [5.41, 5.74) is 17.2. The molecule has 97 heavy (non-hydrogen) atoms. The van der Waals surface area contributed by atoms with Crippen LogP contribution in [0.25, 0.3) is 5.65 Å². The molecule has 2 unspecified atom stereocenters. The molecule has 0 aliphatic carbocycles. The Balaban J connectivity index is 0.000000211. The van der Waals surface area contributed by atoms with Gasteiger partial charge in [0.2, 0.25) is 23.4 Å². The van der Waals surface area contributed by atoms with Gasteiger partial charge in [0.15, 0.2) is 41.4 Å². The summed E-state index contributed by atoms with van der Waals surface area (Å²) in [4.78, 5) is 123. The number of hydrazine groups is 1. The van der Waals surface area contributed by atoms with Gasteiger partial charge in [-0.05, 0) is 128 Å². The molecule has 0 spiro atoms. The Morgan fingerprint density at radius 2 is 0.845 bits per heavy atom. The number of amides is 1. The number of anilines is 3. The fourth-order valence-corrected chi connectivity index (χ4v) is 10.4. The molecule has 8 N–H and O–H groups in total. The molecule has 29 heteroatoms. The quantitative estimate of drug-likeness (QED) is 0.0324. The largest absolute Gasteiger partial charge is 0.459 e. The maximum absolute atomic E-state index is 13.7. The molecule has 11 rings (SSSR count). The molecule has 2 saturated heterocycles. The number of fused-ring (bicyclic) bond motifs is 1. The number of nitrogen functional groups attached to an aromatic ring is 2. The Morgan fingerprint density at radius 3 is 1.27 bits per heavy atom. The number of nitrogens with two attached hydrogens (primary N) is 2. The number of carbonyl (C=O) groups is 7. The van der Waals surface area contributed by atoms with Crippen LogP contribution in [0.3, 0.4) is 0 Å². The number of esters is 6. The first-order chi connectivity index (χ1) is 46.3. The minimum absolute atomic E-state index is 0.0780. The molecule has 9 aromatic rings. The smallest absolute Gasteiger partial charge is 0.338 e. The molecule has 29 nitrogen and oxygen atoms in total. The van der Waals surface area contributed by atoms with Gasteiger partial charge in [-0.1, -0.05) is 106 Å². The minimum Gasteiger partial charge on any atom is -0.459 e. The van der Waals surface area contributed by atoms with Gasteiger partial charge in [0.1, 0.15) is 25.4 Å². The third-order valence-corrected chi connectivity index (χ3v) is 15.9. The number of ether oxygens (including phenoxy) is 8. The Labute approximate surface area is 552 Å². The molecule has 0 bridgehead atoms. The molecule has 8 atom stereocenters. The summed E-state index contributed by atoms with van der Waals surface area (Å²) in [6.07, 6.45) is -8.40. The molecular weight excluding hydrogens is 1260 g/mol. The van der Waals surface area contributed by atoms with Crippen LogP contribution in [0.2, 0.25) is 0 Å². The molecule has 5 heterocycles. The Kier molecular flexibility index (Phi) is 20.1. The van der Waals surface area contributed by atoms with Gasteiger partial charge in [0, 0.05) is 0 Å². The molecule has 0 radical (unpaired) electrons. The minimum atomic E-state index is -2.02. The van der Waals surface area contributed by atoms with Crippen molar-refractivity contribution in [2.24, 2.45) is 0 Å². The lowest BCUT2D eigenvalue weighted by Crippen LogP contribution is -2.56. The summed E-state index contributed by atoms with van der Waals surface area (Å²) in [5, 5.41) is 19.4. The van der Waals surface area contributed by atoms with E-state index in [9.17, 15) is 43.2 Å². The first kappa shape index (κ1) is 67.9. The number of benzene rings is 6. The van der Waals surface area contributed by atoms with Crippen LogP contribution in [0, 0.1) is 41.5 Å². The van der Waals surface area contributed by atoms with Gasteiger partial charge in [0.05, 0.1) is 33.4 Å². The van der Waals surface area contributed by atoms with E-state index in [1.165, 1.54) is 26.0 Å². The fourth-order valence-electron chi connectivity index (χ4n) is 10.4. The van der Waals surface area contributed by atoms with Crippen LogP contribution in [-0.2, 0) is 42.7 Å². The van der Waals surface area contributed by atoms with Gasteiger partial charge in [-0.15, -0.1) is 25.5 Å². The molecule has 0 saturated carbocycles. The predicted octanol–water partition coefficient (Wildman–Crippen LogP) is 6.04. The van der Waals surface area contributed by atoms with Crippen molar-refractivity contribution < 1.29 is 71.5 Å². The van der Waals surface area contributed by atoms with Crippen molar-refractivity contribution >= 4 is 65.1 Å². The van der Waals surface area contributed by atoms with E-state index >= 15 is 0 Å². The maximum Gasteiger partial charge on any atom is 0.338 e. The van der Waals surface area contributed by atoms with Crippen molar-refractivity contribution in [3.8, 4) is 0 Å². The molecule has 500 valence electrons. The standard InChI is InChI=1S/C34H34N6O9.C34H32N6O8/c1-18-5-11-21(12-6-18)30(43)46-17-24-25(48-31(44)22-13-7-19(2)8-14-22)34(4,49-32(45)23-15-9-20(3)10-16-23)26(47-24)28(41)39-37-27-29(42)36-33(35)40-38-27;1-18-5-11-21(12-6-18)30(42)45-17-24-25(47-31(43)22-13-7-19(2)8-14-22)34(4,48-32(44)23-15-9-20(3)10-16-23)26(46-24)27-37-38-28-29(41)36-33(35)39-40(27)28/h5-16,24-26H,17H2,1-4H3,(H,37,38)(H,39,41)(H3,35,36,40,42);5-16,24-26H,17H2,1-4H3,(H3,35,36,39,41)/t2*24-,25-,26?,34-/m11/s1. The molecule has 2 fully saturated rings. The second kappa shape index (κ2) is 28.7. The van der Waals surface area contributed by atoms with Crippen LogP contribution < -0.4 is 33.4 Å². The zero-order chi connectivity index (χ0) is 69.5. The van der Waals surface area contributed by atoms with E-state index in [4.69, 9.17) is 49.4 Å².